The normalized spacial score (nSPS) is 24.8. The molecule has 0 radical (unpaired) electrons. The van der Waals surface area contributed by atoms with Crippen LogP contribution in [0.3, 0.4) is 0 Å². The molecule has 1 heterocycles. The third kappa shape index (κ3) is 2.38. The SMILES string of the molecule is NC(=NO)C1CCCC1NC(=O)c1ccn[nH]1. The zero-order valence-corrected chi connectivity index (χ0v) is 9.26. The molecule has 5 N–H and O–H groups in total. The van der Waals surface area contributed by atoms with Crippen molar-refractivity contribution in [2.75, 3.05) is 0 Å². The van der Waals surface area contributed by atoms with E-state index >= 15 is 0 Å². The maximum Gasteiger partial charge on any atom is 0.269 e. The van der Waals surface area contributed by atoms with Crippen molar-refractivity contribution in [1.82, 2.24) is 15.5 Å². The van der Waals surface area contributed by atoms with E-state index in [4.69, 9.17) is 10.9 Å². The summed E-state index contributed by atoms with van der Waals surface area (Å²) in [6.07, 6.45) is 4.13. The van der Waals surface area contributed by atoms with Crippen molar-refractivity contribution in [3.05, 3.63) is 18.0 Å². The molecule has 0 aromatic carbocycles. The summed E-state index contributed by atoms with van der Waals surface area (Å²) in [6.45, 7) is 0. The lowest BCUT2D eigenvalue weighted by Gasteiger charge is -2.19. The number of carbonyl (C=O) groups is 1. The molecule has 0 spiro atoms. The van der Waals surface area contributed by atoms with Crippen molar-refractivity contribution in [2.24, 2.45) is 16.8 Å². The van der Waals surface area contributed by atoms with Gasteiger partial charge in [0, 0.05) is 18.2 Å². The summed E-state index contributed by atoms with van der Waals surface area (Å²) in [4.78, 5) is 11.8. The van der Waals surface area contributed by atoms with E-state index in [1.807, 2.05) is 0 Å². The van der Waals surface area contributed by atoms with Crippen LogP contribution in [0.1, 0.15) is 29.8 Å². The molecule has 17 heavy (non-hydrogen) atoms. The number of hydrogen-bond donors (Lipinski definition) is 4. The first-order chi connectivity index (χ1) is 8.22. The molecule has 0 aliphatic heterocycles. The highest BCUT2D eigenvalue weighted by Crippen LogP contribution is 2.25. The second-order valence-electron chi connectivity index (χ2n) is 4.11. The van der Waals surface area contributed by atoms with Crippen molar-refractivity contribution < 1.29 is 10.0 Å². The van der Waals surface area contributed by atoms with E-state index in [1.54, 1.807) is 6.07 Å². The van der Waals surface area contributed by atoms with Crippen LogP contribution in [0.5, 0.6) is 0 Å². The highest BCUT2D eigenvalue weighted by atomic mass is 16.4. The molecule has 7 nitrogen and oxygen atoms in total. The van der Waals surface area contributed by atoms with Gasteiger partial charge >= 0.3 is 0 Å². The van der Waals surface area contributed by atoms with Crippen molar-refractivity contribution >= 4 is 11.7 Å². The van der Waals surface area contributed by atoms with Crippen molar-refractivity contribution in [3.63, 3.8) is 0 Å². The molecule has 0 saturated heterocycles. The van der Waals surface area contributed by atoms with Crippen LogP contribution in [0.2, 0.25) is 0 Å². The standard InChI is InChI=1S/C10H15N5O2/c11-9(15-17)6-2-1-3-7(6)13-10(16)8-4-5-12-14-8/h4-7,17H,1-3H2,(H2,11,15)(H,12,14)(H,13,16). The number of H-pyrrole nitrogens is 1. The lowest BCUT2D eigenvalue weighted by Crippen LogP contribution is -2.42. The number of amides is 1. The van der Waals surface area contributed by atoms with Crippen molar-refractivity contribution in [2.45, 2.75) is 25.3 Å². The molecular formula is C10H15N5O2. The van der Waals surface area contributed by atoms with E-state index in [2.05, 4.69) is 20.7 Å². The van der Waals surface area contributed by atoms with E-state index in [1.165, 1.54) is 6.20 Å². The summed E-state index contributed by atoms with van der Waals surface area (Å²) >= 11 is 0. The monoisotopic (exact) mass is 237 g/mol. The molecule has 1 aromatic heterocycles. The van der Waals surface area contributed by atoms with Crippen LogP contribution >= 0.6 is 0 Å². The van der Waals surface area contributed by atoms with Crippen molar-refractivity contribution in [3.8, 4) is 0 Å². The molecule has 7 heteroatoms. The van der Waals surface area contributed by atoms with Gasteiger partial charge < -0.3 is 16.3 Å². The van der Waals surface area contributed by atoms with Gasteiger partial charge in [-0.25, -0.2) is 0 Å². The summed E-state index contributed by atoms with van der Waals surface area (Å²) < 4.78 is 0. The molecule has 1 saturated carbocycles. The maximum absolute atomic E-state index is 11.8. The number of aromatic nitrogens is 2. The number of amidine groups is 1. The summed E-state index contributed by atoms with van der Waals surface area (Å²) in [5.41, 5.74) is 6.00. The Labute approximate surface area is 98.1 Å². The van der Waals surface area contributed by atoms with Gasteiger partial charge in [0.05, 0.1) is 0 Å². The topological polar surface area (TPSA) is 116 Å². The molecule has 1 amide bonds. The fraction of sp³-hybridized carbons (Fsp3) is 0.500. The Bertz CT molecular complexity index is 414. The van der Waals surface area contributed by atoms with Gasteiger partial charge in [0.15, 0.2) is 0 Å². The largest absolute Gasteiger partial charge is 0.409 e. The van der Waals surface area contributed by atoms with Crippen LogP contribution in [0.15, 0.2) is 17.4 Å². The molecule has 92 valence electrons. The van der Waals surface area contributed by atoms with E-state index in [0.29, 0.717) is 5.69 Å². The molecule has 1 aromatic rings. The third-order valence-corrected chi connectivity index (χ3v) is 3.07. The fourth-order valence-corrected chi connectivity index (χ4v) is 2.19. The Kier molecular flexibility index (Phi) is 3.27. The van der Waals surface area contributed by atoms with Gasteiger partial charge in [0.1, 0.15) is 11.5 Å². The zero-order valence-electron chi connectivity index (χ0n) is 9.26. The fourth-order valence-electron chi connectivity index (χ4n) is 2.19. The lowest BCUT2D eigenvalue weighted by atomic mass is 10.0. The average molecular weight is 237 g/mol. The van der Waals surface area contributed by atoms with Gasteiger partial charge in [-0.2, -0.15) is 5.10 Å². The number of oxime groups is 1. The quantitative estimate of drug-likeness (QED) is 0.257. The Hall–Kier alpha value is -2.05. The molecular weight excluding hydrogens is 222 g/mol. The van der Waals surface area contributed by atoms with Gasteiger partial charge in [-0.3, -0.25) is 9.89 Å². The molecule has 1 fully saturated rings. The summed E-state index contributed by atoms with van der Waals surface area (Å²) in [5, 5.41) is 20.9. The summed E-state index contributed by atoms with van der Waals surface area (Å²) in [7, 11) is 0. The van der Waals surface area contributed by atoms with Crippen molar-refractivity contribution in [1.29, 1.82) is 0 Å². The number of nitrogens with one attached hydrogen (secondary N) is 2. The summed E-state index contributed by atoms with van der Waals surface area (Å²) in [5.74, 6) is -0.130. The number of hydrogen-bond acceptors (Lipinski definition) is 4. The number of nitrogens with two attached hydrogens (primary N) is 1. The van der Waals surface area contributed by atoms with E-state index in [-0.39, 0.29) is 23.7 Å². The third-order valence-electron chi connectivity index (χ3n) is 3.07. The molecule has 1 aliphatic rings. The first-order valence-corrected chi connectivity index (χ1v) is 5.50. The number of nitrogens with zero attached hydrogens (tertiary/aromatic N) is 2. The van der Waals surface area contributed by atoms with Gasteiger partial charge in [0.2, 0.25) is 0 Å². The Balaban J connectivity index is 2.01. The molecule has 1 aliphatic carbocycles. The second kappa shape index (κ2) is 4.86. The highest BCUT2D eigenvalue weighted by Gasteiger charge is 2.32. The molecule has 2 unspecified atom stereocenters. The van der Waals surface area contributed by atoms with Crippen LogP contribution in [0, 0.1) is 5.92 Å². The second-order valence-corrected chi connectivity index (χ2v) is 4.11. The molecule has 2 atom stereocenters. The number of rotatable bonds is 3. The lowest BCUT2D eigenvalue weighted by molar-refractivity contribution is 0.0928. The Morgan fingerprint density at radius 3 is 3.12 bits per heavy atom. The number of aromatic amines is 1. The average Bonchev–Trinajstić information content (AvgIpc) is 2.98. The Morgan fingerprint density at radius 1 is 1.65 bits per heavy atom. The molecule has 2 rings (SSSR count). The van der Waals surface area contributed by atoms with Gasteiger partial charge in [-0.05, 0) is 18.9 Å². The predicted molar refractivity (Wildman–Crippen MR) is 60.6 cm³/mol. The van der Waals surface area contributed by atoms with E-state index in [9.17, 15) is 4.79 Å². The zero-order chi connectivity index (χ0) is 12.3. The van der Waals surface area contributed by atoms with Crippen LogP contribution < -0.4 is 11.1 Å². The smallest absolute Gasteiger partial charge is 0.269 e. The van der Waals surface area contributed by atoms with Gasteiger partial charge in [-0.15, -0.1) is 0 Å². The predicted octanol–water partition coefficient (Wildman–Crippen LogP) is 0.0546. The van der Waals surface area contributed by atoms with Crippen LogP contribution in [0.4, 0.5) is 0 Å². The molecule has 0 bridgehead atoms. The maximum atomic E-state index is 11.8. The van der Waals surface area contributed by atoms with Crippen LogP contribution in [0.25, 0.3) is 0 Å². The minimum Gasteiger partial charge on any atom is -0.409 e. The first-order valence-electron chi connectivity index (χ1n) is 5.50. The van der Waals surface area contributed by atoms with Gasteiger partial charge in [-0.1, -0.05) is 11.6 Å². The minimum absolute atomic E-state index is 0.0818. The Morgan fingerprint density at radius 2 is 2.47 bits per heavy atom. The van der Waals surface area contributed by atoms with Crippen LogP contribution in [-0.2, 0) is 0 Å². The highest BCUT2D eigenvalue weighted by molar-refractivity contribution is 5.93. The van der Waals surface area contributed by atoms with E-state index < -0.39 is 0 Å². The number of carbonyl (C=O) groups excluding carboxylic acids is 1. The first kappa shape index (κ1) is 11.4. The van der Waals surface area contributed by atoms with E-state index in [0.717, 1.165) is 19.3 Å². The minimum atomic E-state index is -0.217. The van der Waals surface area contributed by atoms with Crippen LogP contribution in [-0.4, -0.2) is 33.2 Å². The van der Waals surface area contributed by atoms with Gasteiger partial charge in [0.25, 0.3) is 5.91 Å². The summed E-state index contributed by atoms with van der Waals surface area (Å²) in [6, 6.07) is 1.52.